The van der Waals surface area contributed by atoms with Gasteiger partial charge in [-0.3, -0.25) is 4.90 Å². The number of imidazole rings is 1. The lowest BCUT2D eigenvalue weighted by atomic mass is 9.81. The number of nitrogens with zero attached hydrogens (tertiary/aromatic N) is 4. The minimum Gasteiger partial charge on any atom is -0.348 e. The van der Waals surface area contributed by atoms with Gasteiger partial charge in [-0.1, -0.05) is 5.16 Å². The summed E-state index contributed by atoms with van der Waals surface area (Å²) < 4.78 is 5.38. The van der Waals surface area contributed by atoms with Gasteiger partial charge in [0.05, 0.1) is 12.0 Å². The predicted molar refractivity (Wildman–Crippen MR) is 69.5 cm³/mol. The highest BCUT2D eigenvalue weighted by molar-refractivity contribution is 5.06. The molecule has 19 heavy (non-hydrogen) atoms. The fourth-order valence-corrected chi connectivity index (χ4v) is 2.79. The fourth-order valence-electron chi connectivity index (χ4n) is 2.79. The first-order valence-corrected chi connectivity index (χ1v) is 6.67. The Morgan fingerprint density at radius 3 is 3.11 bits per heavy atom. The van der Waals surface area contributed by atoms with Crippen LogP contribution in [0.15, 0.2) is 16.9 Å². The normalized spacial score (nSPS) is 24.7. The summed E-state index contributed by atoms with van der Waals surface area (Å²) in [5.41, 5.74) is -0.0495. The summed E-state index contributed by atoms with van der Waals surface area (Å²) in [6.45, 7) is 6.92. The van der Waals surface area contributed by atoms with Crippen LogP contribution < -0.4 is 0 Å². The molecule has 0 saturated carbocycles. The van der Waals surface area contributed by atoms with Crippen molar-refractivity contribution in [1.29, 1.82) is 0 Å². The van der Waals surface area contributed by atoms with Gasteiger partial charge in [-0.05, 0) is 33.2 Å². The predicted octanol–water partition coefficient (Wildman–Crippen LogP) is 1.65. The molecule has 2 aromatic rings. The molecule has 1 aliphatic rings. The van der Waals surface area contributed by atoms with Gasteiger partial charge < -0.3 is 9.51 Å². The van der Waals surface area contributed by atoms with Gasteiger partial charge in [-0.15, -0.1) is 0 Å². The second-order valence-corrected chi connectivity index (χ2v) is 5.56. The van der Waals surface area contributed by atoms with Crippen LogP contribution in [0.3, 0.4) is 0 Å². The molecule has 102 valence electrons. The summed E-state index contributed by atoms with van der Waals surface area (Å²) in [4.78, 5) is 14.2. The molecule has 1 saturated heterocycles. The molecule has 1 fully saturated rings. The summed E-state index contributed by atoms with van der Waals surface area (Å²) in [7, 11) is 0. The van der Waals surface area contributed by atoms with E-state index in [1.807, 2.05) is 13.1 Å². The van der Waals surface area contributed by atoms with Crippen molar-refractivity contribution in [2.45, 2.75) is 38.6 Å². The first kappa shape index (κ1) is 12.3. The zero-order chi connectivity index (χ0) is 13.3. The Morgan fingerprint density at radius 2 is 2.42 bits per heavy atom. The second-order valence-electron chi connectivity index (χ2n) is 5.56. The maximum absolute atomic E-state index is 5.38. The number of aryl methyl sites for hydroxylation is 1. The monoisotopic (exact) mass is 261 g/mol. The van der Waals surface area contributed by atoms with Gasteiger partial charge in [0.2, 0.25) is 5.89 Å². The van der Waals surface area contributed by atoms with Crippen molar-refractivity contribution in [3.05, 3.63) is 29.9 Å². The number of nitrogens with one attached hydrogen (secondary N) is 1. The van der Waals surface area contributed by atoms with Crippen LogP contribution in [0.1, 0.15) is 37.3 Å². The van der Waals surface area contributed by atoms with E-state index >= 15 is 0 Å². The van der Waals surface area contributed by atoms with Gasteiger partial charge in [-0.25, -0.2) is 4.98 Å². The van der Waals surface area contributed by atoms with Crippen LogP contribution in [0.4, 0.5) is 0 Å². The standard InChI is InChI=1S/C13H19N5O/c1-10-16-12(19-17-10)13(2)4-3-7-18(9-13)8-11-14-5-6-15-11/h5-6H,3-4,7-9H2,1-2H3,(H,14,15). The van der Waals surface area contributed by atoms with Gasteiger partial charge in [0.1, 0.15) is 5.82 Å². The van der Waals surface area contributed by atoms with Crippen molar-refractivity contribution < 1.29 is 4.52 Å². The number of hydrogen-bond acceptors (Lipinski definition) is 5. The van der Waals surface area contributed by atoms with E-state index in [2.05, 4.69) is 31.9 Å². The largest absolute Gasteiger partial charge is 0.348 e. The van der Waals surface area contributed by atoms with Crippen molar-refractivity contribution in [1.82, 2.24) is 25.0 Å². The van der Waals surface area contributed by atoms with E-state index < -0.39 is 0 Å². The molecule has 1 N–H and O–H groups in total. The molecule has 2 aromatic heterocycles. The molecular formula is C13H19N5O. The van der Waals surface area contributed by atoms with E-state index in [1.54, 1.807) is 6.20 Å². The van der Waals surface area contributed by atoms with Gasteiger partial charge in [0.25, 0.3) is 0 Å². The van der Waals surface area contributed by atoms with Crippen LogP contribution >= 0.6 is 0 Å². The SMILES string of the molecule is Cc1noc(C2(C)CCCN(Cc3ncc[nH]3)C2)n1. The number of H-pyrrole nitrogens is 1. The molecule has 3 rings (SSSR count). The Morgan fingerprint density at radius 1 is 1.53 bits per heavy atom. The lowest BCUT2D eigenvalue weighted by Gasteiger charge is -2.37. The van der Waals surface area contributed by atoms with Crippen molar-refractivity contribution in [2.24, 2.45) is 0 Å². The Hall–Kier alpha value is -1.69. The van der Waals surface area contributed by atoms with Crippen LogP contribution in [0.5, 0.6) is 0 Å². The number of aromatic amines is 1. The van der Waals surface area contributed by atoms with Gasteiger partial charge >= 0.3 is 0 Å². The van der Waals surface area contributed by atoms with Crippen LogP contribution in [0.2, 0.25) is 0 Å². The third-order valence-electron chi connectivity index (χ3n) is 3.75. The maximum Gasteiger partial charge on any atom is 0.233 e. The minimum atomic E-state index is -0.0495. The number of aromatic nitrogens is 4. The first-order chi connectivity index (χ1) is 9.16. The van der Waals surface area contributed by atoms with Crippen molar-refractivity contribution in [3.63, 3.8) is 0 Å². The molecule has 0 amide bonds. The molecule has 0 spiro atoms. The third-order valence-corrected chi connectivity index (χ3v) is 3.75. The topological polar surface area (TPSA) is 70.8 Å². The molecule has 1 atom stereocenters. The number of likely N-dealkylation sites (tertiary alicyclic amines) is 1. The zero-order valence-electron chi connectivity index (χ0n) is 11.4. The molecule has 1 unspecified atom stereocenters. The highest BCUT2D eigenvalue weighted by atomic mass is 16.5. The van der Waals surface area contributed by atoms with Crippen LogP contribution in [0.25, 0.3) is 0 Å². The van der Waals surface area contributed by atoms with Gasteiger partial charge in [0.15, 0.2) is 5.82 Å². The van der Waals surface area contributed by atoms with Crippen molar-refractivity contribution in [2.75, 3.05) is 13.1 Å². The molecule has 0 bridgehead atoms. The number of piperidine rings is 1. The van der Waals surface area contributed by atoms with Crippen LogP contribution in [-0.4, -0.2) is 38.1 Å². The molecule has 3 heterocycles. The molecule has 6 nitrogen and oxygen atoms in total. The van der Waals surface area contributed by atoms with Crippen LogP contribution in [0, 0.1) is 6.92 Å². The zero-order valence-corrected chi connectivity index (χ0v) is 11.4. The van der Waals surface area contributed by atoms with E-state index in [0.717, 1.165) is 44.2 Å². The summed E-state index contributed by atoms with van der Waals surface area (Å²) in [5, 5.41) is 3.91. The van der Waals surface area contributed by atoms with Crippen LogP contribution in [-0.2, 0) is 12.0 Å². The highest BCUT2D eigenvalue weighted by Crippen LogP contribution is 2.32. The van der Waals surface area contributed by atoms with E-state index in [4.69, 9.17) is 4.52 Å². The Balaban J connectivity index is 1.73. The quantitative estimate of drug-likeness (QED) is 0.909. The highest BCUT2D eigenvalue weighted by Gasteiger charge is 2.37. The first-order valence-electron chi connectivity index (χ1n) is 6.67. The molecule has 0 radical (unpaired) electrons. The van der Waals surface area contributed by atoms with Gasteiger partial charge in [0, 0.05) is 18.9 Å². The summed E-state index contributed by atoms with van der Waals surface area (Å²) in [5.74, 6) is 2.47. The lowest BCUT2D eigenvalue weighted by Crippen LogP contribution is -2.44. The Bertz CT molecular complexity index is 535. The maximum atomic E-state index is 5.38. The second kappa shape index (κ2) is 4.77. The Kier molecular flexibility index (Phi) is 3.10. The average molecular weight is 261 g/mol. The Labute approximate surface area is 112 Å². The van der Waals surface area contributed by atoms with Gasteiger partial charge in [-0.2, -0.15) is 4.98 Å². The molecule has 0 aliphatic carbocycles. The van der Waals surface area contributed by atoms with E-state index in [0.29, 0.717) is 5.82 Å². The van der Waals surface area contributed by atoms with Crippen molar-refractivity contribution >= 4 is 0 Å². The van der Waals surface area contributed by atoms with E-state index in [1.165, 1.54) is 0 Å². The number of hydrogen-bond donors (Lipinski definition) is 1. The smallest absolute Gasteiger partial charge is 0.233 e. The summed E-state index contributed by atoms with van der Waals surface area (Å²) in [6, 6.07) is 0. The van der Waals surface area contributed by atoms with E-state index in [9.17, 15) is 0 Å². The molecule has 6 heteroatoms. The number of rotatable bonds is 3. The molecular weight excluding hydrogens is 242 g/mol. The van der Waals surface area contributed by atoms with E-state index in [-0.39, 0.29) is 5.41 Å². The molecule has 0 aromatic carbocycles. The fraction of sp³-hybridized carbons (Fsp3) is 0.615. The average Bonchev–Trinajstić information content (AvgIpc) is 3.01. The molecule has 1 aliphatic heterocycles. The minimum absolute atomic E-state index is 0.0495. The summed E-state index contributed by atoms with van der Waals surface area (Å²) in [6.07, 6.45) is 5.88. The lowest BCUT2D eigenvalue weighted by molar-refractivity contribution is 0.122. The van der Waals surface area contributed by atoms with Crippen molar-refractivity contribution in [3.8, 4) is 0 Å². The third kappa shape index (κ3) is 2.53. The summed E-state index contributed by atoms with van der Waals surface area (Å²) >= 11 is 0.